The predicted octanol–water partition coefficient (Wildman–Crippen LogP) is 1.92. The van der Waals surface area contributed by atoms with Crippen molar-refractivity contribution >= 4 is 34.1 Å². The minimum Gasteiger partial charge on any atom is -0.376 e. The zero-order valence-electron chi connectivity index (χ0n) is 14.6. The molecule has 2 atom stereocenters. The molecule has 140 valence electrons. The monoisotopic (exact) mass is 377 g/mol. The van der Waals surface area contributed by atoms with Crippen LogP contribution in [0.15, 0.2) is 0 Å². The second-order valence-corrected chi connectivity index (χ2v) is 8.32. The zero-order valence-corrected chi connectivity index (χ0v) is 15.4. The van der Waals surface area contributed by atoms with Gasteiger partial charge in [-0.1, -0.05) is 17.8 Å². The van der Waals surface area contributed by atoms with Crippen molar-refractivity contribution < 1.29 is 19.1 Å². The van der Waals surface area contributed by atoms with E-state index in [1.165, 1.54) is 11.3 Å². The maximum atomic E-state index is 12.4. The maximum Gasteiger partial charge on any atom is 0.229 e. The van der Waals surface area contributed by atoms with Crippen LogP contribution in [0, 0.1) is 11.8 Å². The Bertz CT molecular complexity index is 722. The molecule has 0 aromatic carbocycles. The molecule has 2 fully saturated rings. The van der Waals surface area contributed by atoms with E-state index in [1.54, 1.807) is 0 Å². The van der Waals surface area contributed by atoms with Gasteiger partial charge in [0.15, 0.2) is 10.9 Å². The summed E-state index contributed by atoms with van der Waals surface area (Å²) in [6.07, 6.45) is 5.64. The fourth-order valence-electron chi connectivity index (χ4n) is 3.61. The van der Waals surface area contributed by atoms with Crippen molar-refractivity contribution in [3.8, 4) is 0 Å². The standard InChI is InChI=1S/C18H23N3O4S/c22-14-8-11(16(23)19-9-12-5-2-6-25-12)7-13-15(14)26-18(20-13)21-17(24)10-3-1-4-10/h10-12H,1-9H2,(H,19,23)(H,20,21,24). The number of rotatable bonds is 5. The molecule has 2 unspecified atom stereocenters. The highest BCUT2D eigenvalue weighted by atomic mass is 32.1. The average Bonchev–Trinajstić information content (AvgIpc) is 3.20. The number of fused-ring (bicyclic) bond motifs is 1. The van der Waals surface area contributed by atoms with Crippen molar-refractivity contribution in [1.82, 2.24) is 10.3 Å². The first-order valence-corrected chi connectivity index (χ1v) is 10.1. The summed E-state index contributed by atoms with van der Waals surface area (Å²) < 4.78 is 5.51. The van der Waals surface area contributed by atoms with E-state index < -0.39 is 5.92 Å². The van der Waals surface area contributed by atoms with Crippen LogP contribution in [-0.2, 0) is 20.7 Å². The van der Waals surface area contributed by atoms with E-state index in [9.17, 15) is 14.4 Å². The third kappa shape index (κ3) is 3.66. The molecule has 2 amide bonds. The molecule has 8 heteroatoms. The second kappa shape index (κ2) is 7.44. The minimum atomic E-state index is -0.395. The van der Waals surface area contributed by atoms with Crippen molar-refractivity contribution in [2.75, 3.05) is 18.5 Å². The van der Waals surface area contributed by atoms with Crippen molar-refractivity contribution in [3.63, 3.8) is 0 Å². The van der Waals surface area contributed by atoms with Gasteiger partial charge in [-0.2, -0.15) is 0 Å². The van der Waals surface area contributed by atoms with Gasteiger partial charge in [-0.05, 0) is 25.7 Å². The quantitative estimate of drug-likeness (QED) is 0.817. The molecular weight excluding hydrogens is 354 g/mol. The van der Waals surface area contributed by atoms with Gasteiger partial charge in [0.1, 0.15) is 0 Å². The highest BCUT2D eigenvalue weighted by molar-refractivity contribution is 7.17. The Morgan fingerprint density at radius 3 is 2.65 bits per heavy atom. The van der Waals surface area contributed by atoms with Gasteiger partial charge in [0.25, 0.3) is 0 Å². The normalized spacial score (nSPS) is 25.5. The Morgan fingerprint density at radius 2 is 1.96 bits per heavy atom. The van der Waals surface area contributed by atoms with Gasteiger partial charge in [0.05, 0.1) is 22.6 Å². The number of ether oxygens (including phenoxy) is 1. The molecule has 7 nitrogen and oxygen atoms in total. The van der Waals surface area contributed by atoms with Gasteiger partial charge in [-0.25, -0.2) is 4.98 Å². The summed E-state index contributed by atoms with van der Waals surface area (Å²) in [6, 6.07) is 0. The summed E-state index contributed by atoms with van der Waals surface area (Å²) in [7, 11) is 0. The topological polar surface area (TPSA) is 97.4 Å². The summed E-state index contributed by atoms with van der Waals surface area (Å²) in [5.41, 5.74) is 0.632. The largest absolute Gasteiger partial charge is 0.376 e. The second-order valence-electron chi connectivity index (χ2n) is 7.32. The lowest BCUT2D eigenvalue weighted by atomic mass is 9.85. The van der Waals surface area contributed by atoms with Gasteiger partial charge >= 0.3 is 0 Å². The summed E-state index contributed by atoms with van der Waals surface area (Å²) in [5.74, 6) is -0.519. The number of hydrogen-bond donors (Lipinski definition) is 2. The Kier molecular flexibility index (Phi) is 5.04. The molecule has 1 aromatic rings. The maximum absolute atomic E-state index is 12.4. The number of amides is 2. The molecule has 2 N–H and O–H groups in total. The number of nitrogens with one attached hydrogen (secondary N) is 2. The molecule has 0 spiro atoms. The van der Waals surface area contributed by atoms with Crippen molar-refractivity contribution in [2.24, 2.45) is 11.8 Å². The lowest BCUT2D eigenvalue weighted by molar-refractivity contribution is -0.125. The molecule has 4 rings (SSSR count). The highest BCUT2D eigenvalue weighted by Gasteiger charge is 2.34. The minimum absolute atomic E-state index is 0.0133. The van der Waals surface area contributed by atoms with E-state index in [1.807, 2.05) is 0 Å². The van der Waals surface area contributed by atoms with Crippen LogP contribution in [0.1, 0.15) is 53.9 Å². The van der Waals surface area contributed by atoms with Crippen LogP contribution in [0.3, 0.4) is 0 Å². The Hall–Kier alpha value is -1.80. The molecule has 2 heterocycles. The third-order valence-electron chi connectivity index (χ3n) is 5.43. The first-order valence-electron chi connectivity index (χ1n) is 9.33. The smallest absolute Gasteiger partial charge is 0.229 e. The van der Waals surface area contributed by atoms with Crippen LogP contribution in [0.25, 0.3) is 0 Å². The number of ketones is 1. The Balaban J connectivity index is 1.36. The van der Waals surface area contributed by atoms with E-state index in [0.717, 1.165) is 38.7 Å². The van der Waals surface area contributed by atoms with Gasteiger partial charge < -0.3 is 15.4 Å². The van der Waals surface area contributed by atoms with Gasteiger partial charge in [-0.15, -0.1) is 0 Å². The number of Topliss-reactive ketones (excluding diaryl/α,β-unsaturated/α-hetero) is 1. The Morgan fingerprint density at radius 1 is 1.12 bits per heavy atom. The first kappa shape index (κ1) is 17.6. The van der Waals surface area contributed by atoms with Gasteiger partial charge in [-0.3, -0.25) is 14.4 Å². The fourth-order valence-corrected chi connectivity index (χ4v) is 4.56. The van der Waals surface area contributed by atoms with Crippen molar-refractivity contribution in [1.29, 1.82) is 0 Å². The summed E-state index contributed by atoms with van der Waals surface area (Å²) in [5, 5.41) is 6.20. The molecule has 1 aliphatic heterocycles. The number of anilines is 1. The lowest BCUT2D eigenvalue weighted by Gasteiger charge is -2.23. The van der Waals surface area contributed by atoms with E-state index in [0.29, 0.717) is 28.7 Å². The summed E-state index contributed by atoms with van der Waals surface area (Å²) >= 11 is 1.23. The molecule has 1 saturated carbocycles. The van der Waals surface area contributed by atoms with Crippen LogP contribution in [0.4, 0.5) is 5.13 Å². The van der Waals surface area contributed by atoms with Crippen molar-refractivity contribution in [3.05, 3.63) is 10.6 Å². The van der Waals surface area contributed by atoms with Crippen molar-refractivity contribution in [2.45, 2.75) is 51.0 Å². The molecule has 26 heavy (non-hydrogen) atoms. The zero-order chi connectivity index (χ0) is 18.1. The molecule has 1 saturated heterocycles. The highest BCUT2D eigenvalue weighted by Crippen LogP contribution is 2.34. The molecular formula is C18H23N3O4S. The van der Waals surface area contributed by atoms with E-state index >= 15 is 0 Å². The molecule has 0 radical (unpaired) electrons. The molecule has 3 aliphatic rings. The SMILES string of the molecule is O=C1CC(C(=O)NCC2CCCO2)Cc2nc(NC(=O)C3CCC3)sc21. The van der Waals surface area contributed by atoms with E-state index in [2.05, 4.69) is 15.6 Å². The van der Waals surface area contributed by atoms with Crippen LogP contribution < -0.4 is 10.6 Å². The number of nitrogens with zero attached hydrogens (tertiary/aromatic N) is 1. The van der Waals surface area contributed by atoms with Gasteiger partial charge in [0.2, 0.25) is 11.8 Å². The van der Waals surface area contributed by atoms with Gasteiger partial charge in [0, 0.05) is 31.9 Å². The molecule has 1 aromatic heterocycles. The number of carbonyl (C=O) groups is 3. The number of aromatic nitrogens is 1. The van der Waals surface area contributed by atoms with E-state index in [-0.39, 0.29) is 36.0 Å². The lowest BCUT2D eigenvalue weighted by Crippen LogP contribution is -2.39. The Labute approximate surface area is 155 Å². The molecule has 2 aliphatic carbocycles. The van der Waals surface area contributed by atoms with Crippen LogP contribution in [-0.4, -0.2) is 41.8 Å². The average molecular weight is 377 g/mol. The first-order chi connectivity index (χ1) is 12.6. The number of carbonyl (C=O) groups excluding carboxylic acids is 3. The number of hydrogen-bond acceptors (Lipinski definition) is 6. The summed E-state index contributed by atoms with van der Waals surface area (Å²) in [6.45, 7) is 1.25. The third-order valence-corrected chi connectivity index (χ3v) is 6.48. The summed E-state index contributed by atoms with van der Waals surface area (Å²) in [4.78, 5) is 41.9. The fraction of sp³-hybridized carbons (Fsp3) is 0.667. The van der Waals surface area contributed by atoms with Crippen LogP contribution in [0.5, 0.6) is 0 Å². The number of thiazole rings is 1. The van der Waals surface area contributed by atoms with Crippen LogP contribution >= 0.6 is 11.3 Å². The predicted molar refractivity (Wildman–Crippen MR) is 96.2 cm³/mol. The molecule has 0 bridgehead atoms. The van der Waals surface area contributed by atoms with Crippen LogP contribution in [0.2, 0.25) is 0 Å². The van der Waals surface area contributed by atoms with E-state index in [4.69, 9.17) is 4.74 Å².